The molecule has 0 aromatic heterocycles. The average molecular weight is 455 g/mol. The third-order valence-corrected chi connectivity index (χ3v) is 5.50. The van der Waals surface area contributed by atoms with Gasteiger partial charge in [-0.3, -0.25) is 9.10 Å². The number of rotatable bonds is 9. The van der Waals surface area contributed by atoms with Crippen LogP contribution < -0.4 is 14.4 Å². The number of nitrogens with zero attached hydrogens (tertiary/aromatic N) is 1. The van der Waals surface area contributed by atoms with E-state index in [1.807, 2.05) is 24.3 Å². The zero-order valence-electron chi connectivity index (χ0n) is 15.3. The molecule has 0 bridgehead atoms. The van der Waals surface area contributed by atoms with Crippen LogP contribution >= 0.6 is 15.9 Å². The van der Waals surface area contributed by atoms with Gasteiger partial charge < -0.3 is 10.1 Å². The molecule has 0 saturated heterocycles. The van der Waals surface area contributed by atoms with Crippen LogP contribution in [0.15, 0.2) is 53.0 Å². The van der Waals surface area contributed by atoms with Gasteiger partial charge in [0.2, 0.25) is 15.9 Å². The van der Waals surface area contributed by atoms with Crippen LogP contribution in [0.4, 0.5) is 5.69 Å². The van der Waals surface area contributed by atoms with Crippen LogP contribution in [-0.2, 0) is 21.2 Å². The van der Waals surface area contributed by atoms with Crippen molar-refractivity contribution in [3.63, 3.8) is 0 Å². The highest BCUT2D eigenvalue weighted by Crippen LogP contribution is 2.20. The molecule has 0 unspecified atom stereocenters. The Balaban J connectivity index is 1.85. The largest absolute Gasteiger partial charge is 0.492 e. The lowest BCUT2D eigenvalue weighted by molar-refractivity contribution is -0.119. The van der Waals surface area contributed by atoms with Crippen LogP contribution in [0, 0.1) is 0 Å². The summed E-state index contributed by atoms with van der Waals surface area (Å²) < 4.78 is 31.5. The summed E-state index contributed by atoms with van der Waals surface area (Å²) in [5.74, 6) is 0.336. The molecule has 0 aliphatic carbocycles. The molecule has 0 aliphatic rings. The number of hydrogen-bond acceptors (Lipinski definition) is 4. The lowest BCUT2D eigenvalue weighted by Gasteiger charge is -2.22. The molecule has 0 aliphatic heterocycles. The van der Waals surface area contributed by atoms with Gasteiger partial charge in [0.05, 0.1) is 18.5 Å². The number of halogens is 1. The van der Waals surface area contributed by atoms with E-state index in [0.29, 0.717) is 12.3 Å². The van der Waals surface area contributed by atoms with Gasteiger partial charge in [0.15, 0.2) is 0 Å². The number of amides is 1. The molecule has 1 amide bonds. The Bertz CT molecular complexity index is 852. The van der Waals surface area contributed by atoms with Gasteiger partial charge in [-0.1, -0.05) is 35.0 Å². The highest BCUT2D eigenvalue weighted by molar-refractivity contribution is 9.10. The van der Waals surface area contributed by atoms with E-state index >= 15 is 0 Å². The third kappa shape index (κ3) is 6.88. The normalized spacial score (nSPS) is 11.1. The molecular formula is C19H23BrN2O4S. The van der Waals surface area contributed by atoms with Crippen molar-refractivity contribution in [3.8, 4) is 5.75 Å². The second-order valence-corrected chi connectivity index (χ2v) is 8.76. The smallest absolute Gasteiger partial charge is 0.240 e. The zero-order valence-corrected chi connectivity index (χ0v) is 17.7. The summed E-state index contributed by atoms with van der Waals surface area (Å²) >= 11 is 3.30. The highest BCUT2D eigenvalue weighted by Gasteiger charge is 2.20. The first-order valence-corrected chi connectivity index (χ1v) is 11.2. The summed E-state index contributed by atoms with van der Waals surface area (Å²) in [4.78, 5) is 12.2. The Morgan fingerprint density at radius 2 is 1.74 bits per heavy atom. The topological polar surface area (TPSA) is 75.7 Å². The van der Waals surface area contributed by atoms with E-state index in [-0.39, 0.29) is 13.1 Å². The summed E-state index contributed by atoms with van der Waals surface area (Å²) in [7, 11) is -3.58. The van der Waals surface area contributed by atoms with E-state index < -0.39 is 15.9 Å². The van der Waals surface area contributed by atoms with E-state index in [0.717, 1.165) is 27.2 Å². The molecule has 0 radical (unpaired) electrons. The van der Waals surface area contributed by atoms with Crippen molar-refractivity contribution in [3.05, 3.63) is 58.6 Å². The maximum Gasteiger partial charge on any atom is 0.240 e. The summed E-state index contributed by atoms with van der Waals surface area (Å²) in [6.07, 6.45) is 2.04. The van der Waals surface area contributed by atoms with Gasteiger partial charge in [0.25, 0.3) is 0 Å². The van der Waals surface area contributed by atoms with Crippen LogP contribution in [-0.4, -0.2) is 40.3 Å². The predicted octanol–water partition coefficient (Wildman–Crippen LogP) is 2.97. The van der Waals surface area contributed by atoms with Crippen molar-refractivity contribution in [1.29, 1.82) is 0 Å². The van der Waals surface area contributed by atoms with Gasteiger partial charge in [-0.25, -0.2) is 8.42 Å². The number of carbonyl (C=O) groups excluding carboxylic acids is 1. The first kappa shape index (κ1) is 21.2. The average Bonchev–Trinajstić information content (AvgIpc) is 2.64. The molecule has 0 fully saturated rings. The molecule has 2 rings (SSSR count). The number of anilines is 1. The van der Waals surface area contributed by atoms with Crippen molar-refractivity contribution in [1.82, 2.24) is 5.32 Å². The van der Waals surface area contributed by atoms with Gasteiger partial charge >= 0.3 is 0 Å². The number of carbonyl (C=O) groups is 1. The van der Waals surface area contributed by atoms with Gasteiger partial charge in [-0.15, -0.1) is 0 Å². The Kier molecular flexibility index (Phi) is 7.67. The van der Waals surface area contributed by atoms with Crippen LogP contribution in [0.2, 0.25) is 0 Å². The molecule has 0 atom stereocenters. The SMILES string of the molecule is CCc1ccc(OCCNC(=O)CN(c2ccc(Br)cc2)S(C)(=O)=O)cc1. The monoisotopic (exact) mass is 454 g/mol. The maximum atomic E-state index is 12.2. The molecule has 1 N–H and O–H groups in total. The highest BCUT2D eigenvalue weighted by atomic mass is 79.9. The van der Waals surface area contributed by atoms with Crippen molar-refractivity contribution >= 4 is 37.5 Å². The van der Waals surface area contributed by atoms with E-state index in [9.17, 15) is 13.2 Å². The second kappa shape index (κ2) is 9.75. The van der Waals surface area contributed by atoms with Crippen LogP contribution in [0.3, 0.4) is 0 Å². The second-order valence-electron chi connectivity index (χ2n) is 5.94. The standard InChI is InChI=1S/C19H23BrN2O4S/c1-3-15-4-10-18(11-5-15)26-13-12-21-19(23)14-22(27(2,24)25)17-8-6-16(20)7-9-17/h4-11H,3,12-14H2,1-2H3,(H,21,23). The van der Waals surface area contributed by atoms with Gasteiger partial charge in [0, 0.05) is 4.47 Å². The Morgan fingerprint density at radius 3 is 2.30 bits per heavy atom. The molecule has 0 heterocycles. The van der Waals surface area contributed by atoms with Crippen LogP contribution in [0.25, 0.3) is 0 Å². The van der Waals surface area contributed by atoms with E-state index in [2.05, 4.69) is 28.2 Å². The number of hydrogen-bond donors (Lipinski definition) is 1. The summed E-state index contributed by atoms with van der Waals surface area (Å²) in [5, 5.41) is 2.68. The molecule has 0 spiro atoms. The van der Waals surface area contributed by atoms with Crippen molar-refractivity contribution in [2.24, 2.45) is 0 Å². The summed E-state index contributed by atoms with van der Waals surface area (Å²) in [6.45, 7) is 2.38. The number of sulfonamides is 1. The van der Waals surface area contributed by atoms with Gasteiger partial charge in [-0.05, 0) is 48.4 Å². The zero-order chi connectivity index (χ0) is 19.9. The van der Waals surface area contributed by atoms with Crippen LogP contribution in [0.5, 0.6) is 5.75 Å². The predicted molar refractivity (Wildman–Crippen MR) is 111 cm³/mol. The minimum Gasteiger partial charge on any atom is -0.492 e. The number of benzene rings is 2. The third-order valence-electron chi connectivity index (χ3n) is 3.83. The molecule has 2 aromatic carbocycles. The van der Waals surface area contributed by atoms with Crippen molar-refractivity contribution in [2.75, 3.05) is 30.3 Å². The minimum absolute atomic E-state index is 0.284. The molecule has 6 nitrogen and oxygen atoms in total. The van der Waals surface area contributed by atoms with Crippen LogP contribution in [0.1, 0.15) is 12.5 Å². The molecule has 27 heavy (non-hydrogen) atoms. The maximum absolute atomic E-state index is 12.2. The van der Waals surface area contributed by atoms with Gasteiger partial charge in [0.1, 0.15) is 18.9 Å². The molecular weight excluding hydrogens is 432 g/mol. The number of nitrogens with one attached hydrogen (secondary N) is 1. The Labute approximate surface area is 168 Å². The molecule has 8 heteroatoms. The number of aryl methyl sites for hydroxylation is 1. The summed E-state index contributed by atoms with van der Waals surface area (Å²) in [5.41, 5.74) is 1.66. The first-order chi connectivity index (χ1) is 12.8. The van der Waals surface area contributed by atoms with E-state index in [1.165, 1.54) is 5.56 Å². The fourth-order valence-corrected chi connectivity index (χ4v) is 3.50. The Morgan fingerprint density at radius 1 is 1.11 bits per heavy atom. The molecule has 2 aromatic rings. The number of ether oxygens (including phenoxy) is 1. The summed E-state index contributed by atoms with van der Waals surface area (Å²) in [6, 6.07) is 14.5. The van der Waals surface area contributed by atoms with Crippen molar-refractivity contribution < 1.29 is 17.9 Å². The lowest BCUT2D eigenvalue weighted by Crippen LogP contribution is -2.41. The van der Waals surface area contributed by atoms with Crippen molar-refractivity contribution in [2.45, 2.75) is 13.3 Å². The Hall–Kier alpha value is -2.06. The minimum atomic E-state index is -3.58. The van der Waals surface area contributed by atoms with E-state index in [1.54, 1.807) is 24.3 Å². The molecule has 0 saturated carbocycles. The fraction of sp³-hybridized carbons (Fsp3) is 0.316. The lowest BCUT2D eigenvalue weighted by atomic mass is 10.2. The van der Waals surface area contributed by atoms with Gasteiger partial charge in [-0.2, -0.15) is 0 Å². The fourth-order valence-electron chi connectivity index (χ4n) is 2.37. The van der Waals surface area contributed by atoms with E-state index in [4.69, 9.17) is 4.74 Å². The molecule has 146 valence electrons. The first-order valence-electron chi connectivity index (χ1n) is 8.51. The quantitative estimate of drug-likeness (QED) is 0.590.